The molecule has 0 saturated carbocycles. The molecule has 0 aliphatic heterocycles. The van der Waals surface area contributed by atoms with Crippen LogP contribution in [-0.4, -0.2) is 10.1 Å². The molecule has 16 heavy (non-hydrogen) atoms. The minimum atomic E-state index is -0.793. The number of rotatable bonds is 2. The quantitative estimate of drug-likeness (QED) is 0.830. The van der Waals surface area contributed by atoms with Gasteiger partial charge in [-0.25, -0.2) is 0 Å². The van der Waals surface area contributed by atoms with E-state index in [0.717, 1.165) is 4.47 Å². The fourth-order valence-corrected chi connectivity index (χ4v) is 1.86. The predicted octanol–water partition coefficient (Wildman–Crippen LogP) is 2.51. The van der Waals surface area contributed by atoms with E-state index in [2.05, 4.69) is 20.9 Å². The molecule has 3 nitrogen and oxygen atoms in total. The maximum absolute atomic E-state index is 10.1. The Morgan fingerprint density at radius 2 is 2.06 bits per heavy atom. The van der Waals surface area contributed by atoms with Crippen molar-refractivity contribution < 1.29 is 5.11 Å². The highest BCUT2D eigenvalue weighted by molar-refractivity contribution is 9.10. The van der Waals surface area contributed by atoms with Crippen LogP contribution in [0.5, 0.6) is 0 Å². The van der Waals surface area contributed by atoms with Crippen molar-refractivity contribution in [1.29, 1.82) is 0 Å². The van der Waals surface area contributed by atoms with Gasteiger partial charge in [-0.1, -0.05) is 22.0 Å². The Balaban J connectivity index is 2.41. The van der Waals surface area contributed by atoms with Gasteiger partial charge in [0.1, 0.15) is 6.10 Å². The van der Waals surface area contributed by atoms with Gasteiger partial charge in [-0.15, -0.1) is 0 Å². The van der Waals surface area contributed by atoms with Crippen molar-refractivity contribution in [3.8, 4) is 0 Å². The SMILES string of the molecule is Nc1ccc(Br)cc1C(O)c1ccccn1. The van der Waals surface area contributed by atoms with Crippen molar-refractivity contribution in [3.05, 3.63) is 58.3 Å². The molecule has 1 aromatic heterocycles. The lowest BCUT2D eigenvalue weighted by atomic mass is 10.0. The lowest BCUT2D eigenvalue weighted by Crippen LogP contribution is -2.05. The first kappa shape index (κ1) is 11.1. The molecule has 0 aliphatic carbocycles. The van der Waals surface area contributed by atoms with Crippen LogP contribution in [0.3, 0.4) is 0 Å². The molecule has 3 N–H and O–H groups in total. The smallest absolute Gasteiger partial charge is 0.123 e. The highest BCUT2D eigenvalue weighted by Crippen LogP contribution is 2.27. The van der Waals surface area contributed by atoms with Crippen LogP contribution in [0.2, 0.25) is 0 Å². The normalized spacial score (nSPS) is 12.4. The minimum absolute atomic E-state index is 0.557. The monoisotopic (exact) mass is 278 g/mol. The van der Waals surface area contributed by atoms with Crippen LogP contribution < -0.4 is 5.73 Å². The highest BCUT2D eigenvalue weighted by Gasteiger charge is 2.14. The van der Waals surface area contributed by atoms with Gasteiger partial charge in [0, 0.05) is 21.9 Å². The summed E-state index contributed by atoms with van der Waals surface area (Å²) in [7, 11) is 0. The second kappa shape index (κ2) is 4.63. The van der Waals surface area contributed by atoms with Crippen molar-refractivity contribution >= 4 is 21.6 Å². The van der Waals surface area contributed by atoms with Crippen LogP contribution in [0.4, 0.5) is 5.69 Å². The average molecular weight is 279 g/mol. The molecule has 0 spiro atoms. The second-order valence-corrected chi connectivity index (χ2v) is 4.35. The maximum atomic E-state index is 10.1. The zero-order chi connectivity index (χ0) is 11.5. The maximum Gasteiger partial charge on any atom is 0.123 e. The molecule has 1 unspecified atom stereocenters. The molecule has 0 aliphatic rings. The Morgan fingerprint density at radius 1 is 1.25 bits per heavy atom. The van der Waals surface area contributed by atoms with Gasteiger partial charge >= 0.3 is 0 Å². The number of aromatic nitrogens is 1. The van der Waals surface area contributed by atoms with Gasteiger partial charge in [-0.05, 0) is 30.3 Å². The number of aliphatic hydroxyl groups is 1. The summed E-state index contributed by atoms with van der Waals surface area (Å²) in [6.07, 6.45) is 0.853. The van der Waals surface area contributed by atoms with Crippen molar-refractivity contribution in [2.45, 2.75) is 6.10 Å². The summed E-state index contributed by atoms with van der Waals surface area (Å²) in [4.78, 5) is 4.10. The van der Waals surface area contributed by atoms with Crippen LogP contribution in [0.15, 0.2) is 47.1 Å². The van der Waals surface area contributed by atoms with Crippen molar-refractivity contribution in [2.75, 3.05) is 5.73 Å². The van der Waals surface area contributed by atoms with Gasteiger partial charge in [0.15, 0.2) is 0 Å². The molecular weight excluding hydrogens is 268 g/mol. The van der Waals surface area contributed by atoms with Crippen LogP contribution in [0.1, 0.15) is 17.4 Å². The summed E-state index contributed by atoms with van der Waals surface area (Å²) in [5, 5.41) is 10.1. The molecule has 2 rings (SSSR count). The van der Waals surface area contributed by atoms with Crippen LogP contribution in [-0.2, 0) is 0 Å². The zero-order valence-corrected chi connectivity index (χ0v) is 10.1. The van der Waals surface area contributed by atoms with E-state index in [9.17, 15) is 5.11 Å². The van der Waals surface area contributed by atoms with E-state index in [4.69, 9.17) is 5.73 Å². The summed E-state index contributed by atoms with van der Waals surface area (Å²) in [5.41, 5.74) is 7.63. The number of nitrogen functional groups attached to an aromatic ring is 1. The number of aliphatic hydroxyl groups excluding tert-OH is 1. The van der Waals surface area contributed by atoms with Crippen LogP contribution in [0.25, 0.3) is 0 Å². The third-order valence-corrected chi connectivity index (χ3v) is 2.80. The van der Waals surface area contributed by atoms with Gasteiger partial charge in [-0.3, -0.25) is 4.98 Å². The number of hydrogen-bond acceptors (Lipinski definition) is 3. The molecular formula is C12H11BrN2O. The number of nitrogens with zero attached hydrogens (tertiary/aromatic N) is 1. The Kier molecular flexibility index (Phi) is 3.22. The van der Waals surface area contributed by atoms with Crippen LogP contribution in [0, 0.1) is 0 Å². The van der Waals surface area contributed by atoms with E-state index in [0.29, 0.717) is 16.9 Å². The molecule has 4 heteroatoms. The van der Waals surface area contributed by atoms with Gasteiger partial charge in [0.2, 0.25) is 0 Å². The van der Waals surface area contributed by atoms with E-state index in [1.807, 2.05) is 12.1 Å². The van der Waals surface area contributed by atoms with E-state index in [1.165, 1.54) is 0 Å². The number of nitrogens with two attached hydrogens (primary N) is 1. The zero-order valence-electron chi connectivity index (χ0n) is 8.47. The summed E-state index contributed by atoms with van der Waals surface area (Å²) in [6, 6.07) is 10.8. The average Bonchev–Trinajstić information content (AvgIpc) is 2.32. The first-order valence-corrected chi connectivity index (χ1v) is 5.61. The molecule has 1 heterocycles. The Labute approximate surface area is 102 Å². The third kappa shape index (κ3) is 2.23. The molecule has 0 amide bonds. The largest absolute Gasteiger partial charge is 0.398 e. The highest BCUT2D eigenvalue weighted by atomic mass is 79.9. The predicted molar refractivity (Wildman–Crippen MR) is 66.9 cm³/mol. The Bertz CT molecular complexity index is 488. The fourth-order valence-electron chi connectivity index (χ4n) is 1.48. The molecule has 2 aromatic rings. The molecule has 1 atom stereocenters. The standard InChI is InChI=1S/C12H11BrN2O/c13-8-4-5-10(14)9(7-8)12(16)11-3-1-2-6-15-11/h1-7,12,16H,14H2. The summed E-state index contributed by atoms with van der Waals surface area (Å²) in [5.74, 6) is 0. The number of anilines is 1. The topological polar surface area (TPSA) is 59.1 Å². The molecule has 82 valence electrons. The van der Waals surface area contributed by atoms with Gasteiger partial charge in [-0.2, -0.15) is 0 Å². The van der Waals surface area contributed by atoms with Crippen molar-refractivity contribution in [1.82, 2.24) is 4.98 Å². The van der Waals surface area contributed by atoms with Crippen molar-refractivity contribution in [2.24, 2.45) is 0 Å². The number of benzene rings is 1. The Hall–Kier alpha value is -1.39. The third-order valence-electron chi connectivity index (χ3n) is 2.31. The van der Waals surface area contributed by atoms with E-state index in [-0.39, 0.29) is 0 Å². The summed E-state index contributed by atoms with van der Waals surface area (Å²) in [6.45, 7) is 0. The van der Waals surface area contributed by atoms with Crippen LogP contribution >= 0.6 is 15.9 Å². The molecule has 0 bridgehead atoms. The van der Waals surface area contributed by atoms with E-state index < -0.39 is 6.10 Å². The molecule has 0 fully saturated rings. The second-order valence-electron chi connectivity index (χ2n) is 3.43. The minimum Gasteiger partial charge on any atom is -0.398 e. The van der Waals surface area contributed by atoms with E-state index in [1.54, 1.807) is 30.5 Å². The first-order chi connectivity index (χ1) is 7.68. The van der Waals surface area contributed by atoms with E-state index >= 15 is 0 Å². The number of pyridine rings is 1. The molecule has 0 saturated heterocycles. The lowest BCUT2D eigenvalue weighted by Gasteiger charge is -2.13. The summed E-state index contributed by atoms with van der Waals surface area (Å²) >= 11 is 3.35. The summed E-state index contributed by atoms with van der Waals surface area (Å²) < 4.78 is 0.881. The van der Waals surface area contributed by atoms with Gasteiger partial charge < -0.3 is 10.8 Å². The van der Waals surface area contributed by atoms with Gasteiger partial charge in [0.05, 0.1) is 5.69 Å². The number of halogens is 1. The molecule has 1 aromatic carbocycles. The molecule has 0 radical (unpaired) electrons. The lowest BCUT2D eigenvalue weighted by molar-refractivity contribution is 0.216. The van der Waals surface area contributed by atoms with Crippen molar-refractivity contribution in [3.63, 3.8) is 0 Å². The first-order valence-electron chi connectivity index (χ1n) is 4.82. The Morgan fingerprint density at radius 3 is 2.75 bits per heavy atom. The number of hydrogen-bond donors (Lipinski definition) is 2. The fraction of sp³-hybridized carbons (Fsp3) is 0.0833. The van der Waals surface area contributed by atoms with Gasteiger partial charge in [0.25, 0.3) is 0 Å².